The zero-order chi connectivity index (χ0) is 18.4. The minimum Gasteiger partial charge on any atom is -0.337 e. The highest BCUT2D eigenvalue weighted by Crippen LogP contribution is 2.19. The second kappa shape index (κ2) is 8.07. The van der Waals surface area contributed by atoms with Crippen molar-refractivity contribution in [3.8, 4) is 0 Å². The minimum atomic E-state index is -0.279. The monoisotopic (exact) mass is 345 g/mol. The van der Waals surface area contributed by atoms with Gasteiger partial charge in [-0.05, 0) is 29.8 Å². The summed E-state index contributed by atoms with van der Waals surface area (Å²) in [5, 5.41) is 2.81. The first-order valence-electron chi connectivity index (χ1n) is 8.25. The van der Waals surface area contributed by atoms with Gasteiger partial charge in [-0.1, -0.05) is 42.5 Å². The topological polar surface area (TPSA) is 62.3 Å². The summed E-state index contributed by atoms with van der Waals surface area (Å²) in [6.45, 7) is 0.492. The van der Waals surface area contributed by atoms with Crippen LogP contribution in [0.25, 0.3) is 0 Å². The Hall–Kier alpha value is -3.47. The molecule has 0 aliphatic heterocycles. The number of carbonyl (C=O) groups excluding carboxylic acids is 2. The van der Waals surface area contributed by atoms with Crippen molar-refractivity contribution in [2.45, 2.75) is 6.54 Å². The number of para-hydroxylation sites is 1. The van der Waals surface area contributed by atoms with Crippen LogP contribution in [0, 0.1) is 0 Å². The SMILES string of the molecule is CN(Cc1ccccc1)C(=O)c1ccccc1NC(=O)c1ccncc1. The Labute approximate surface area is 152 Å². The maximum atomic E-state index is 12.9. The molecule has 0 spiro atoms. The molecule has 0 atom stereocenters. The van der Waals surface area contributed by atoms with Gasteiger partial charge in [0.05, 0.1) is 11.3 Å². The Morgan fingerprint density at radius 1 is 0.923 bits per heavy atom. The number of nitrogens with one attached hydrogen (secondary N) is 1. The number of benzene rings is 2. The zero-order valence-corrected chi connectivity index (χ0v) is 14.4. The zero-order valence-electron chi connectivity index (χ0n) is 14.4. The smallest absolute Gasteiger partial charge is 0.256 e. The van der Waals surface area contributed by atoms with E-state index >= 15 is 0 Å². The van der Waals surface area contributed by atoms with Gasteiger partial charge in [0.15, 0.2) is 0 Å². The Bertz CT molecular complexity index is 895. The third-order valence-electron chi connectivity index (χ3n) is 3.96. The fourth-order valence-corrected chi connectivity index (χ4v) is 2.61. The van der Waals surface area contributed by atoms with Gasteiger partial charge in [0.2, 0.25) is 0 Å². The van der Waals surface area contributed by atoms with Crippen LogP contribution < -0.4 is 5.32 Å². The molecule has 2 aromatic carbocycles. The quantitative estimate of drug-likeness (QED) is 0.768. The fraction of sp³-hybridized carbons (Fsp3) is 0.0952. The lowest BCUT2D eigenvalue weighted by molar-refractivity contribution is 0.0786. The predicted molar refractivity (Wildman–Crippen MR) is 101 cm³/mol. The molecule has 0 unspecified atom stereocenters. The highest BCUT2D eigenvalue weighted by molar-refractivity contribution is 6.08. The molecule has 0 bridgehead atoms. The van der Waals surface area contributed by atoms with Gasteiger partial charge in [-0.3, -0.25) is 14.6 Å². The summed E-state index contributed by atoms with van der Waals surface area (Å²) in [6, 6.07) is 20.0. The molecule has 26 heavy (non-hydrogen) atoms. The van der Waals surface area contributed by atoms with E-state index in [1.165, 1.54) is 0 Å². The van der Waals surface area contributed by atoms with Crippen LogP contribution >= 0.6 is 0 Å². The fourth-order valence-electron chi connectivity index (χ4n) is 2.61. The molecule has 0 fully saturated rings. The van der Waals surface area contributed by atoms with E-state index in [-0.39, 0.29) is 11.8 Å². The summed E-state index contributed by atoms with van der Waals surface area (Å²) >= 11 is 0. The molecule has 0 saturated carbocycles. The molecule has 3 rings (SSSR count). The molecular weight excluding hydrogens is 326 g/mol. The van der Waals surface area contributed by atoms with Gasteiger partial charge in [0.1, 0.15) is 0 Å². The Balaban J connectivity index is 1.78. The van der Waals surface area contributed by atoms with Crippen LogP contribution in [-0.4, -0.2) is 28.7 Å². The summed E-state index contributed by atoms with van der Waals surface area (Å²) in [5.41, 5.74) is 2.47. The number of rotatable bonds is 5. The Morgan fingerprint density at radius 3 is 2.31 bits per heavy atom. The third kappa shape index (κ3) is 4.13. The molecular formula is C21H19N3O2. The lowest BCUT2D eigenvalue weighted by Gasteiger charge is -2.19. The van der Waals surface area contributed by atoms with Gasteiger partial charge in [-0.15, -0.1) is 0 Å². The van der Waals surface area contributed by atoms with Gasteiger partial charge in [-0.25, -0.2) is 0 Å². The average Bonchev–Trinajstić information content (AvgIpc) is 2.69. The van der Waals surface area contributed by atoms with Gasteiger partial charge in [0.25, 0.3) is 11.8 Å². The number of anilines is 1. The first-order chi connectivity index (χ1) is 12.6. The molecule has 3 aromatic rings. The number of pyridine rings is 1. The minimum absolute atomic E-state index is 0.153. The van der Waals surface area contributed by atoms with Crippen molar-refractivity contribution in [3.05, 3.63) is 95.8 Å². The second-order valence-corrected chi connectivity index (χ2v) is 5.88. The normalized spacial score (nSPS) is 10.2. The van der Waals surface area contributed by atoms with E-state index in [2.05, 4.69) is 10.3 Å². The average molecular weight is 345 g/mol. The lowest BCUT2D eigenvalue weighted by atomic mass is 10.1. The van der Waals surface area contributed by atoms with Gasteiger partial charge < -0.3 is 10.2 Å². The number of hydrogen-bond donors (Lipinski definition) is 1. The van der Waals surface area contributed by atoms with Crippen molar-refractivity contribution < 1.29 is 9.59 Å². The van der Waals surface area contributed by atoms with Gasteiger partial charge >= 0.3 is 0 Å². The van der Waals surface area contributed by atoms with Gasteiger partial charge in [0, 0.05) is 31.5 Å². The first-order valence-corrected chi connectivity index (χ1v) is 8.25. The van der Waals surface area contributed by atoms with Crippen molar-refractivity contribution >= 4 is 17.5 Å². The van der Waals surface area contributed by atoms with Crippen LogP contribution in [0.3, 0.4) is 0 Å². The molecule has 0 saturated heterocycles. The highest BCUT2D eigenvalue weighted by Gasteiger charge is 2.17. The molecule has 1 aromatic heterocycles. The molecule has 130 valence electrons. The third-order valence-corrected chi connectivity index (χ3v) is 3.96. The molecule has 0 aliphatic carbocycles. The summed E-state index contributed by atoms with van der Waals surface area (Å²) in [6.07, 6.45) is 3.11. The number of aromatic nitrogens is 1. The predicted octanol–water partition coefficient (Wildman–Crippen LogP) is 3.61. The summed E-state index contributed by atoms with van der Waals surface area (Å²) in [4.78, 5) is 30.8. The molecule has 0 radical (unpaired) electrons. The van der Waals surface area contributed by atoms with Crippen LogP contribution in [0.4, 0.5) is 5.69 Å². The summed E-state index contributed by atoms with van der Waals surface area (Å²) in [5.74, 6) is -0.433. The van der Waals surface area contributed by atoms with E-state index in [1.54, 1.807) is 60.7 Å². The Morgan fingerprint density at radius 2 is 1.58 bits per heavy atom. The van der Waals surface area contributed by atoms with E-state index in [1.807, 2.05) is 30.3 Å². The van der Waals surface area contributed by atoms with Crippen molar-refractivity contribution in [2.24, 2.45) is 0 Å². The van der Waals surface area contributed by atoms with Crippen LogP contribution in [0.5, 0.6) is 0 Å². The highest BCUT2D eigenvalue weighted by atomic mass is 16.2. The summed E-state index contributed by atoms with van der Waals surface area (Å²) in [7, 11) is 1.75. The number of hydrogen-bond acceptors (Lipinski definition) is 3. The van der Waals surface area contributed by atoms with Crippen LogP contribution in [0.15, 0.2) is 79.1 Å². The van der Waals surface area contributed by atoms with E-state index in [4.69, 9.17) is 0 Å². The Kier molecular flexibility index (Phi) is 5.39. The van der Waals surface area contributed by atoms with Gasteiger partial charge in [-0.2, -0.15) is 0 Å². The lowest BCUT2D eigenvalue weighted by Crippen LogP contribution is -2.27. The number of carbonyl (C=O) groups is 2. The van der Waals surface area contributed by atoms with E-state index < -0.39 is 0 Å². The van der Waals surface area contributed by atoms with Crippen LogP contribution in [0.1, 0.15) is 26.3 Å². The first kappa shape index (κ1) is 17.4. The maximum Gasteiger partial charge on any atom is 0.256 e. The molecule has 5 nitrogen and oxygen atoms in total. The largest absolute Gasteiger partial charge is 0.337 e. The molecule has 2 amide bonds. The maximum absolute atomic E-state index is 12.9. The molecule has 1 heterocycles. The molecule has 1 N–H and O–H groups in total. The number of nitrogens with zero attached hydrogens (tertiary/aromatic N) is 2. The van der Waals surface area contributed by atoms with Crippen molar-refractivity contribution in [2.75, 3.05) is 12.4 Å². The van der Waals surface area contributed by atoms with E-state index in [0.717, 1.165) is 5.56 Å². The number of amides is 2. The van der Waals surface area contributed by atoms with Crippen LogP contribution in [-0.2, 0) is 6.54 Å². The van der Waals surface area contributed by atoms with Crippen molar-refractivity contribution in [3.63, 3.8) is 0 Å². The second-order valence-electron chi connectivity index (χ2n) is 5.88. The molecule has 0 aliphatic rings. The van der Waals surface area contributed by atoms with Crippen molar-refractivity contribution in [1.82, 2.24) is 9.88 Å². The molecule has 5 heteroatoms. The van der Waals surface area contributed by atoms with Crippen LogP contribution in [0.2, 0.25) is 0 Å². The van der Waals surface area contributed by atoms with E-state index in [0.29, 0.717) is 23.4 Å². The summed E-state index contributed by atoms with van der Waals surface area (Å²) < 4.78 is 0. The standard InChI is InChI=1S/C21H19N3O2/c1-24(15-16-7-3-2-4-8-16)21(26)18-9-5-6-10-19(18)23-20(25)17-11-13-22-14-12-17/h2-14H,15H2,1H3,(H,23,25). The van der Waals surface area contributed by atoms with E-state index in [9.17, 15) is 9.59 Å². The van der Waals surface area contributed by atoms with Crippen molar-refractivity contribution in [1.29, 1.82) is 0 Å².